The fourth-order valence-corrected chi connectivity index (χ4v) is 2.71. The number of halogens is 2. The summed E-state index contributed by atoms with van der Waals surface area (Å²) in [6, 6.07) is 8.07. The van der Waals surface area contributed by atoms with E-state index >= 15 is 0 Å². The highest BCUT2D eigenvalue weighted by Gasteiger charge is 2.17. The second kappa shape index (κ2) is 7.16. The number of hydrogen-bond donors (Lipinski definition) is 1. The minimum absolute atomic E-state index is 0.228. The third kappa shape index (κ3) is 3.57. The lowest BCUT2D eigenvalue weighted by atomic mass is 9.98. The van der Waals surface area contributed by atoms with E-state index in [0.717, 1.165) is 30.7 Å². The van der Waals surface area contributed by atoms with E-state index in [4.69, 9.17) is 27.6 Å². The van der Waals surface area contributed by atoms with E-state index in [-0.39, 0.29) is 6.04 Å². The second-order valence-electron chi connectivity index (χ2n) is 4.72. The topological polar surface area (TPSA) is 25.2 Å². The average Bonchev–Trinajstić information content (AvgIpc) is 2.90. The van der Waals surface area contributed by atoms with Gasteiger partial charge in [0.25, 0.3) is 0 Å². The van der Waals surface area contributed by atoms with E-state index in [1.54, 1.807) is 6.26 Å². The molecular formula is C16H19Cl2NO. The summed E-state index contributed by atoms with van der Waals surface area (Å²) in [5.41, 5.74) is 2.38. The van der Waals surface area contributed by atoms with Crippen LogP contribution < -0.4 is 5.32 Å². The molecule has 20 heavy (non-hydrogen) atoms. The van der Waals surface area contributed by atoms with Crippen molar-refractivity contribution in [3.63, 3.8) is 0 Å². The molecule has 1 unspecified atom stereocenters. The maximum Gasteiger partial charge on any atom is 0.108 e. The van der Waals surface area contributed by atoms with Crippen LogP contribution in [0.2, 0.25) is 10.0 Å². The predicted octanol–water partition coefficient (Wildman–Crippen LogP) is 5.04. The van der Waals surface area contributed by atoms with Crippen molar-refractivity contribution in [2.75, 3.05) is 6.54 Å². The Kier molecular flexibility index (Phi) is 5.53. The standard InChI is InChI=1S/C16H19Cl2NO/c1-3-16-12(7-8-20-16)15(19-4-2)10-11-5-6-13(17)14(18)9-11/h5-9,15,19H,3-4,10H2,1-2H3. The Morgan fingerprint density at radius 3 is 2.60 bits per heavy atom. The summed E-state index contributed by atoms with van der Waals surface area (Å²) >= 11 is 12.0. The molecule has 0 bridgehead atoms. The first-order valence-corrected chi connectivity index (χ1v) is 7.64. The fourth-order valence-electron chi connectivity index (χ4n) is 2.39. The summed E-state index contributed by atoms with van der Waals surface area (Å²) in [5, 5.41) is 4.70. The van der Waals surface area contributed by atoms with Crippen molar-refractivity contribution < 1.29 is 4.42 Å². The number of rotatable bonds is 6. The van der Waals surface area contributed by atoms with Crippen molar-refractivity contribution in [3.05, 3.63) is 57.5 Å². The third-order valence-electron chi connectivity index (χ3n) is 3.35. The lowest BCUT2D eigenvalue weighted by molar-refractivity contribution is 0.487. The molecule has 0 saturated heterocycles. The van der Waals surface area contributed by atoms with Crippen molar-refractivity contribution in [3.8, 4) is 0 Å². The molecule has 0 radical (unpaired) electrons. The van der Waals surface area contributed by atoms with Crippen LogP contribution >= 0.6 is 23.2 Å². The van der Waals surface area contributed by atoms with Gasteiger partial charge in [-0.25, -0.2) is 0 Å². The van der Waals surface area contributed by atoms with Crippen LogP contribution in [-0.4, -0.2) is 6.54 Å². The molecular weight excluding hydrogens is 293 g/mol. The van der Waals surface area contributed by atoms with Crippen molar-refractivity contribution >= 4 is 23.2 Å². The van der Waals surface area contributed by atoms with Gasteiger partial charge in [-0.15, -0.1) is 0 Å². The zero-order valence-electron chi connectivity index (χ0n) is 11.7. The minimum atomic E-state index is 0.228. The minimum Gasteiger partial charge on any atom is -0.469 e. The number of likely N-dealkylation sites (N-methyl/N-ethyl adjacent to an activating group) is 1. The number of benzene rings is 1. The number of nitrogens with one attached hydrogen (secondary N) is 1. The fraction of sp³-hybridized carbons (Fsp3) is 0.375. The van der Waals surface area contributed by atoms with E-state index in [1.807, 2.05) is 24.3 Å². The Morgan fingerprint density at radius 1 is 1.15 bits per heavy atom. The van der Waals surface area contributed by atoms with Crippen molar-refractivity contribution in [2.24, 2.45) is 0 Å². The van der Waals surface area contributed by atoms with Crippen LogP contribution in [0.3, 0.4) is 0 Å². The van der Waals surface area contributed by atoms with Crippen LogP contribution in [0.5, 0.6) is 0 Å². The zero-order chi connectivity index (χ0) is 14.5. The molecule has 0 spiro atoms. The number of aryl methyl sites for hydroxylation is 1. The molecule has 1 heterocycles. The second-order valence-corrected chi connectivity index (χ2v) is 5.53. The summed E-state index contributed by atoms with van der Waals surface area (Å²) in [7, 11) is 0. The van der Waals surface area contributed by atoms with Gasteiger partial charge in [0.05, 0.1) is 16.3 Å². The van der Waals surface area contributed by atoms with Crippen LogP contribution in [0.25, 0.3) is 0 Å². The molecule has 1 aromatic carbocycles. The summed E-state index contributed by atoms with van der Waals surface area (Å²) in [5.74, 6) is 1.04. The summed E-state index contributed by atoms with van der Waals surface area (Å²) < 4.78 is 5.53. The molecule has 0 amide bonds. The monoisotopic (exact) mass is 311 g/mol. The molecule has 1 N–H and O–H groups in total. The summed E-state index contributed by atoms with van der Waals surface area (Å²) in [4.78, 5) is 0. The van der Waals surface area contributed by atoms with Gasteiger partial charge in [-0.2, -0.15) is 0 Å². The Balaban J connectivity index is 2.23. The largest absolute Gasteiger partial charge is 0.469 e. The molecule has 0 aliphatic carbocycles. The van der Waals surface area contributed by atoms with Crippen LogP contribution in [0.15, 0.2) is 34.9 Å². The summed E-state index contributed by atoms with van der Waals surface area (Å²) in [6.45, 7) is 5.11. The van der Waals surface area contributed by atoms with E-state index in [0.29, 0.717) is 10.0 Å². The lowest BCUT2D eigenvalue weighted by Crippen LogP contribution is -2.23. The SMILES string of the molecule is CCNC(Cc1ccc(Cl)c(Cl)c1)c1ccoc1CC. The van der Waals surface area contributed by atoms with E-state index in [1.165, 1.54) is 5.56 Å². The molecule has 1 aromatic heterocycles. The van der Waals surface area contributed by atoms with E-state index < -0.39 is 0 Å². The Bertz CT molecular complexity index is 565. The van der Waals surface area contributed by atoms with Crippen LogP contribution in [-0.2, 0) is 12.8 Å². The van der Waals surface area contributed by atoms with Gasteiger partial charge in [0.1, 0.15) is 5.76 Å². The van der Waals surface area contributed by atoms with Gasteiger partial charge in [-0.05, 0) is 36.7 Å². The molecule has 0 fully saturated rings. The molecule has 2 nitrogen and oxygen atoms in total. The molecule has 4 heteroatoms. The van der Waals surface area contributed by atoms with Crippen LogP contribution in [0, 0.1) is 0 Å². The molecule has 0 aliphatic rings. The van der Waals surface area contributed by atoms with Gasteiger partial charge < -0.3 is 9.73 Å². The Hall–Kier alpha value is -0.960. The summed E-state index contributed by atoms with van der Waals surface area (Å²) in [6.07, 6.45) is 3.51. The molecule has 108 valence electrons. The highest BCUT2D eigenvalue weighted by molar-refractivity contribution is 6.42. The highest BCUT2D eigenvalue weighted by Crippen LogP contribution is 2.27. The molecule has 0 aliphatic heterocycles. The van der Waals surface area contributed by atoms with Crippen molar-refractivity contribution in [2.45, 2.75) is 32.7 Å². The molecule has 2 rings (SSSR count). The lowest BCUT2D eigenvalue weighted by Gasteiger charge is -2.18. The molecule has 1 atom stereocenters. The van der Waals surface area contributed by atoms with Gasteiger partial charge >= 0.3 is 0 Å². The molecule has 0 saturated carbocycles. The number of hydrogen-bond acceptors (Lipinski definition) is 2. The van der Waals surface area contributed by atoms with E-state index in [2.05, 4.69) is 19.2 Å². The first-order valence-electron chi connectivity index (χ1n) is 6.89. The molecule has 2 aromatic rings. The van der Waals surface area contributed by atoms with Gasteiger partial charge in [0.15, 0.2) is 0 Å². The Labute approximate surface area is 130 Å². The third-order valence-corrected chi connectivity index (χ3v) is 4.09. The number of furan rings is 1. The normalized spacial score (nSPS) is 12.6. The van der Waals surface area contributed by atoms with Crippen LogP contribution in [0.4, 0.5) is 0 Å². The Morgan fingerprint density at radius 2 is 1.95 bits per heavy atom. The van der Waals surface area contributed by atoms with Crippen molar-refractivity contribution in [1.82, 2.24) is 5.32 Å². The quantitative estimate of drug-likeness (QED) is 0.808. The highest BCUT2D eigenvalue weighted by atomic mass is 35.5. The predicted molar refractivity (Wildman–Crippen MR) is 84.7 cm³/mol. The van der Waals surface area contributed by atoms with E-state index in [9.17, 15) is 0 Å². The maximum absolute atomic E-state index is 6.09. The first kappa shape index (κ1) is 15.4. The van der Waals surface area contributed by atoms with Crippen molar-refractivity contribution in [1.29, 1.82) is 0 Å². The zero-order valence-corrected chi connectivity index (χ0v) is 13.3. The van der Waals surface area contributed by atoms with Gasteiger partial charge in [-0.3, -0.25) is 0 Å². The van der Waals surface area contributed by atoms with Gasteiger partial charge in [-0.1, -0.05) is 43.1 Å². The smallest absolute Gasteiger partial charge is 0.108 e. The average molecular weight is 312 g/mol. The van der Waals surface area contributed by atoms with Crippen LogP contribution in [0.1, 0.15) is 36.8 Å². The van der Waals surface area contributed by atoms with Gasteiger partial charge in [0.2, 0.25) is 0 Å². The van der Waals surface area contributed by atoms with Gasteiger partial charge in [0, 0.05) is 18.0 Å². The first-order chi connectivity index (χ1) is 9.65. The maximum atomic E-state index is 6.09.